The molecule has 72 valence electrons. The molecular weight excluding hydrogens is 285 g/mol. The van der Waals surface area contributed by atoms with Crippen molar-refractivity contribution in [3.8, 4) is 0 Å². The van der Waals surface area contributed by atoms with E-state index >= 15 is 0 Å². The van der Waals surface area contributed by atoms with Crippen LogP contribution in [0.15, 0.2) is 0 Å². The third kappa shape index (κ3) is 4.79. The minimum atomic E-state index is 0.582. The van der Waals surface area contributed by atoms with Crippen molar-refractivity contribution in [3.05, 3.63) is 0 Å². The first-order valence-electron chi connectivity index (χ1n) is 3.28. The summed E-state index contributed by atoms with van der Waals surface area (Å²) in [6, 6.07) is 0. The number of thiol groups is 2. The molecule has 0 N–H and O–H groups in total. The minimum Gasteiger partial charge on any atom is -0.160 e. The highest BCUT2D eigenvalue weighted by molar-refractivity contribution is 8.74. The van der Waals surface area contributed by atoms with Gasteiger partial charge in [0, 0.05) is 16.8 Å². The van der Waals surface area contributed by atoms with E-state index in [-0.39, 0.29) is 0 Å². The van der Waals surface area contributed by atoms with Gasteiger partial charge in [-0.3, -0.25) is 0 Å². The summed E-state index contributed by atoms with van der Waals surface area (Å²) in [7, 11) is 3.24. The van der Waals surface area contributed by atoms with Crippen LogP contribution in [0.4, 0.5) is 0 Å². The molecule has 0 aromatic rings. The lowest BCUT2D eigenvalue weighted by Crippen LogP contribution is -2.22. The molecule has 1 saturated heterocycles. The van der Waals surface area contributed by atoms with Crippen LogP contribution in [0.3, 0.4) is 0 Å². The Morgan fingerprint density at radius 3 is 2.58 bits per heavy atom. The third-order valence-corrected chi connectivity index (χ3v) is 9.80. The molecule has 7 heteroatoms. The first kappa shape index (κ1) is 12.5. The highest BCUT2D eigenvalue weighted by Gasteiger charge is 2.23. The van der Waals surface area contributed by atoms with Gasteiger partial charge in [0.2, 0.25) is 0 Å². The maximum atomic E-state index is 4.26. The van der Waals surface area contributed by atoms with E-state index in [1.807, 2.05) is 23.5 Å². The summed E-state index contributed by atoms with van der Waals surface area (Å²) < 4.78 is 0.582. The topological polar surface area (TPSA) is 0 Å². The lowest BCUT2D eigenvalue weighted by atomic mass is 10.5. The molecular formula is C5H10S7. The minimum absolute atomic E-state index is 0.582. The third-order valence-electron chi connectivity index (χ3n) is 1.25. The van der Waals surface area contributed by atoms with Crippen molar-refractivity contribution in [1.29, 1.82) is 0 Å². The summed E-state index contributed by atoms with van der Waals surface area (Å²) in [6.45, 7) is 0. The van der Waals surface area contributed by atoms with E-state index in [0.717, 1.165) is 10.3 Å². The van der Waals surface area contributed by atoms with E-state index in [2.05, 4.69) is 35.1 Å². The second kappa shape index (κ2) is 7.70. The summed E-state index contributed by atoms with van der Waals surface area (Å²) in [5.41, 5.74) is 0. The van der Waals surface area contributed by atoms with Crippen LogP contribution >= 0.6 is 80.2 Å². The van der Waals surface area contributed by atoms with E-state index in [0.29, 0.717) is 3.91 Å². The number of thioether (sulfide) groups is 3. The summed E-state index contributed by atoms with van der Waals surface area (Å²) in [6.07, 6.45) is 0. The molecule has 1 fully saturated rings. The summed E-state index contributed by atoms with van der Waals surface area (Å²) in [4.78, 5) is 0. The fourth-order valence-corrected chi connectivity index (χ4v) is 7.51. The van der Waals surface area contributed by atoms with Crippen molar-refractivity contribution in [2.24, 2.45) is 0 Å². The quantitative estimate of drug-likeness (QED) is 0.431. The van der Waals surface area contributed by atoms with Crippen molar-refractivity contribution in [3.63, 3.8) is 0 Å². The van der Waals surface area contributed by atoms with Gasteiger partial charge in [-0.1, -0.05) is 21.6 Å². The molecule has 0 radical (unpaired) electrons. The van der Waals surface area contributed by atoms with Gasteiger partial charge >= 0.3 is 0 Å². The van der Waals surface area contributed by atoms with E-state index in [1.54, 1.807) is 21.6 Å². The van der Waals surface area contributed by atoms with Gasteiger partial charge in [0.25, 0.3) is 0 Å². The van der Waals surface area contributed by atoms with Crippen molar-refractivity contribution >= 4 is 80.2 Å². The number of hydrogen-bond acceptors (Lipinski definition) is 7. The average Bonchev–Trinajstić information content (AvgIpc) is 2.02. The Labute approximate surface area is 105 Å². The van der Waals surface area contributed by atoms with Crippen molar-refractivity contribution in [2.75, 3.05) is 16.6 Å². The van der Waals surface area contributed by atoms with Crippen LogP contribution in [0, 0.1) is 0 Å². The van der Waals surface area contributed by atoms with E-state index < -0.39 is 0 Å². The van der Waals surface area contributed by atoms with Crippen LogP contribution in [0.1, 0.15) is 0 Å². The van der Waals surface area contributed by atoms with Crippen LogP contribution < -0.4 is 0 Å². The maximum Gasteiger partial charge on any atom is 0.107 e. The number of rotatable bonds is 6. The molecule has 0 aromatic carbocycles. The molecule has 0 bridgehead atoms. The van der Waals surface area contributed by atoms with Crippen molar-refractivity contribution < 1.29 is 0 Å². The fraction of sp³-hybridized carbons (Fsp3) is 1.00. The molecule has 0 nitrogen and oxygen atoms in total. The van der Waals surface area contributed by atoms with Crippen LogP contribution in [0.5, 0.6) is 0 Å². The summed E-state index contributed by atoms with van der Waals surface area (Å²) in [5, 5.41) is 1.92. The largest absolute Gasteiger partial charge is 0.160 e. The molecule has 1 aliphatic heterocycles. The zero-order valence-electron chi connectivity index (χ0n) is 6.21. The van der Waals surface area contributed by atoms with E-state index in [4.69, 9.17) is 0 Å². The van der Waals surface area contributed by atoms with Crippen LogP contribution in [0.25, 0.3) is 0 Å². The molecule has 0 amide bonds. The van der Waals surface area contributed by atoms with Crippen molar-refractivity contribution in [2.45, 2.75) is 9.16 Å². The average molecular weight is 295 g/mol. The first-order chi connectivity index (χ1) is 5.86. The molecule has 1 rings (SSSR count). The van der Waals surface area contributed by atoms with E-state index in [1.165, 1.54) is 11.5 Å². The van der Waals surface area contributed by atoms with Gasteiger partial charge in [-0.2, -0.15) is 11.8 Å². The Morgan fingerprint density at radius 2 is 2.17 bits per heavy atom. The van der Waals surface area contributed by atoms with Gasteiger partial charge < -0.3 is 0 Å². The molecule has 0 spiro atoms. The highest BCUT2D eigenvalue weighted by atomic mass is 33.1. The molecule has 0 aromatic heterocycles. The van der Waals surface area contributed by atoms with Gasteiger partial charge in [-0.15, -0.1) is 46.8 Å². The Hall–Kier alpha value is 2.45. The predicted octanol–water partition coefficient (Wildman–Crippen LogP) is 3.97. The molecule has 0 aliphatic carbocycles. The first-order valence-corrected chi connectivity index (χ1v) is 10.4. The Balaban J connectivity index is 2.06. The monoisotopic (exact) mass is 294 g/mol. The van der Waals surface area contributed by atoms with Gasteiger partial charge in [0.1, 0.15) is 3.91 Å². The smallest absolute Gasteiger partial charge is 0.107 e. The van der Waals surface area contributed by atoms with Crippen LogP contribution in [-0.2, 0) is 0 Å². The van der Waals surface area contributed by atoms with Gasteiger partial charge in [0.15, 0.2) is 0 Å². The maximum absolute atomic E-state index is 4.26. The molecule has 1 unspecified atom stereocenters. The second-order valence-corrected chi connectivity index (χ2v) is 9.58. The lowest BCUT2D eigenvalue weighted by Gasteiger charge is -2.27. The Morgan fingerprint density at radius 1 is 1.42 bits per heavy atom. The standard InChI is InChI=1S/C5H10S7/c6-10-3-9-5(12-7)11-4-1-8-2-4/h4-7H,1-3H2. The van der Waals surface area contributed by atoms with Gasteiger partial charge in [-0.05, 0) is 0 Å². The normalized spacial score (nSPS) is 20.5. The number of hydrogen-bond donors (Lipinski definition) is 2. The molecule has 12 heavy (non-hydrogen) atoms. The molecule has 1 aliphatic rings. The van der Waals surface area contributed by atoms with Gasteiger partial charge in [-0.25, -0.2) is 0 Å². The van der Waals surface area contributed by atoms with E-state index in [9.17, 15) is 0 Å². The van der Waals surface area contributed by atoms with Gasteiger partial charge in [0.05, 0.1) is 5.08 Å². The summed E-state index contributed by atoms with van der Waals surface area (Å²) >= 11 is 14.4. The zero-order chi connectivity index (χ0) is 8.81. The Kier molecular flexibility index (Phi) is 8.04. The van der Waals surface area contributed by atoms with Crippen LogP contribution in [-0.4, -0.2) is 25.8 Å². The van der Waals surface area contributed by atoms with Crippen LogP contribution in [0.2, 0.25) is 0 Å². The SMILES string of the molecule is SSCSC(SS)SC1CSC1. The second-order valence-electron chi connectivity index (χ2n) is 2.10. The predicted molar refractivity (Wildman–Crippen MR) is 78.1 cm³/mol. The zero-order valence-corrected chi connectivity index (χ0v) is 12.1. The lowest BCUT2D eigenvalue weighted by molar-refractivity contribution is 1.09. The highest BCUT2D eigenvalue weighted by Crippen LogP contribution is 2.43. The Bertz CT molecular complexity index is 114. The van der Waals surface area contributed by atoms with Crippen molar-refractivity contribution in [1.82, 2.24) is 0 Å². The molecule has 0 saturated carbocycles. The molecule has 1 heterocycles. The fourth-order valence-electron chi connectivity index (χ4n) is 0.630. The summed E-state index contributed by atoms with van der Waals surface area (Å²) in [5.74, 6) is 2.65. The molecule has 1 atom stereocenters.